The van der Waals surface area contributed by atoms with Crippen LogP contribution in [0.5, 0.6) is 0 Å². The highest BCUT2D eigenvalue weighted by Gasteiger charge is 2.34. The summed E-state index contributed by atoms with van der Waals surface area (Å²) in [7, 11) is 1.66. The van der Waals surface area contributed by atoms with Gasteiger partial charge in [0, 0.05) is 19.2 Å². The van der Waals surface area contributed by atoms with Gasteiger partial charge in [-0.25, -0.2) is 0 Å². The van der Waals surface area contributed by atoms with E-state index in [1.54, 1.807) is 7.11 Å². The second kappa shape index (κ2) is 4.79. The Balaban J connectivity index is 2.70. The fraction of sp³-hybridized carbons (Fsp3) is 0.750. The molecule has 1 atom stereocenters. The van der Waals surface area contributed by atoms with E-state index in [4.69, 9.17) is 4.74 Å². The summed E-state index contributed by atoms with van der Waals surface area (Å²) in [6, 6.07) is 0. The minimum Gasteiger partial charge on any atom is -0.358 e. The molecule has 1 rings (SSSR count). The molecule has 15 heavy (non-hydrogen) atoms. The molecule has 1 unspecified atom stereocenters. The summed E-state index contributed by atoms with van der Waals surface area (Å²) in [5.41, 5.74) is 1.89. The van der Waals surface area contributed by atoms with Crippen LogP contribution in [-0.4, -0.2) is 30.7 Å². The predicted octanol–water partition coefficient (Wildman–Crippen LogP) is 2.18. The number of hydrogen-bond acceptors (Lipinski definition) is 2. The molecule has 0 fully saturated rings. The third kappa shape index (κ3) is 2.40. The molecule has 0 bridgehead atoms. The first kappa shape index (κ1) is 12.2. The van der Waals surface area contributed by atoms with Crippen molar-refractivity contribution in [2.24, 2.45) is 5.92 Å². The quantitative estimate of drug-likeness (QED) is 0.713. The summed E-state index contributed by atoms with van der Waals surface area (Å²) < 4.78 is 5.36. The van der Waals surface area contributed by atoms with Gasteiger partial charge in [0.2, 0.25) is 0 Å². The third-order valence-corrected chi connectivity index (χ3v) is 3.00. The molecule has 0 saturated carbocycles. The van der Waals surface area contributed by atoms with Crippen LogP contribution in [0.2, 0.25) is 0 Å². The van der Waals surface area contributed by atoms with Gasteiger partial charge in [-0.15, -0.1) is 0 Å². The highest BCUT2D eigenvalue weighted by Crippen LogP contribution is 2.26. The van der Waals surface area contributed by atoms with Crippen LogP contribution in [0, 0.1) is 5.92 Å². The minimum atomic E-state index is -0.142. The van der Waals surface area contributed by atoms with E-state index in [2.05, 4.69) is 13.8 Å². The van der Waals surface area contributed by atoms with Gasteiger partial charge in [0.15, 0.2) is 6.23 Å². The first-order chi connectivity index (χ1) is 6.99. The minimum absolute atomic E-state index is 0.125. The number of ether oxygens (including phenoxy) is 1. The van der Waals surface area contributed by atoms with Crippen LogP contribution >= 0.6 is 0 Å². The number of carbonyl (C=O) groups excluding carboxylic acids is 1. The van der Waals surface area contributed by atoms with Crippen LogP contribution in [-0.2, 0) is 9.53 Å². The van der Waals surface area contributed by atoms with E-state index < -0.39 is 0 Å². The first-order valence-electron chi connectivity index (χ1n) is 5.50. The summed E-state index contributed by atoms with van der Waals surface area (Å²) in [5, 5.41) is 0. The highest BCUT2D eigenvalue weighted by atomic mass is 16.5. The number of rotatable bonds is 4. The van der Waals surface area contributed by atoms with Gasteiger partial charge in [0.1, 0.15) is 0 Å². The van der Waals surface area contributed by atoms with E-state index >= 15 is 0 Å². The normalized spacial score (nSPS) is 22.1. The molecule has 3 nitrogen and oxygen atoms in total. The molecule has 0 aromatic carbocycles. The molecule has 1 heterocycles. The Hall–Kier alpha value is -0.830. The van der Waals surface area contributed by atoms with Crippen molar-refractivity contribution in [3.8, 4) is 0 Å². The molecule has 86 valence electrons. The van der Waals surface area contributed by atoms with Gasteiger partial charge in [-0.05, 0) is 31.8 Å². The monoisotopic (exact) mass is 211 g/mol. The molecule has 0 aromatic heterocycles. The van der Waals surface area contributed by atoms with Crippen LogP contribution < -0.4 is 0 Å². The molecule has 0 aromatic rings. The van der Waals surface area contributed by atoms with E-state index in [-0.39, 0.29) is 12.1 Å². The third-order valence-electron chi connectivity index (χ3n) is 3.00. The molecule has 1 amide bonds. The molecule has 1 aliphatic rings. The number of methoxy groups -OCH3 is 1. The molecular weight excluding hydrogens is 190 g/mol. The summed E-state index contributed by atoms with van der Waals surface area (Å²) >= 11 is 0. The van der Waals surface area contributed by atoms with Crippen molar-refractivity contribution < 1.29 is 9.53 Å². The average molecular weight is 211 g/mol. The molecule has 1 aliphatic heterocycles. The van der Waals surface area contributed by atoms with Crippen LogP contribution in [0.4, 0.5) is 0 Å². The lowest BCUT2D eigenvalue weighted by Gasteiger charge is -2.25. The van der Waals surface area contributed by atoms with Gasteiger partial charge < -0.3 is 9.64 Å². The summed E-state index contributed by atoms with van der Waals surface area (Å²) in [6.45, 7) is 8.95. The van der Waals surface area contributed by atoms with Gasteiger partial charge in [-0.1, -0.05) is 13.8 Å². The molecule has 0 aliphatic carbocycles. The lowest BCUT2D eigenvalue weighted by Crippen LogP contribution is -2.37. The molecule has 3 heteroatoms. The maximum Gasteiger partial charge on any atom is 0.251 e. The second-order valence-electron chi connectivity index (χ2n) is 4.58. The summed E-state index contributed by atoms with van der Waals surface area (Å²) in [4.78, 5) is 13.7. The number of hydrogen-bond donors (Lipinski definition) is 0. The van der Waals surface area contributed by atoms with E-state index in [9.17, 15) is 4.79 Å². The Bertz CT molecular complexity index is 281. The number of carbonyl (C=O) groups is 1. The molecule has 0 spiro atoms. The van der Waals surface area contributed by atoms with E-state index in [1.807, 2.05) is 18.7 Å². The Labute approximate surface area is 92.1 Å². The maximum absolute atomic E-state index is 11.9. The smallest absolute Gasteiger partial charge is 0.251 e. The Kier molecular flexibility index (Phi) is 3.91. The fourth-order valence-electron chi connectivity index (χ4n) is 1.83. The topological polar surface area (TPSA) is 29.5 Å². The van der Waals surface area contributed by atoms with Gasteiger partial charge in [0.05, 0.1) is 0 Å². The van der Waals surface area contributed by atoms with Gasteiger partial charge in [0.25, 0.3) is 5.91 Å². The molecule has 0 saturated heterocycles. The van der Waals surface area contributed by atoms with Crippen LogP contribution in [0.1, 0.15) is 34.1 Å². The summed E-state index contributed by atoms with van der Waals surface area (Å²) in [5.74, 6) is 0.733. The van der Waals surface area contributed by atoms with E-state index in [0.717, 1.165) is 24.1 Å². The Morgan fingerprint density at radius 1 is 1.40 bits per heavy atom. The van der Waals surface area contributed by atoms with E-state index in [0.29, 0.717) is 5.92 Å². The highest BCUT2D eigenvalue weighted by molar-refractivity contribution is 5.96. The standard InChI is InChI=1S/C12H21NO2/c1-8(2)6-7-13-11(14)9(3)10(4)12(13)15-5/h8,12H,6-7H2,1-5H3. The lowest BCUT2D eigenvalue weighted by atomic mass is 10.1. The first-order valence-corrected chi connectivity index (χ1v) is 5.50. The lowest BCUT2D eigenvalue weighted by molar-refractivity contribution is -0.133. The second-order valence-corrected chi connectivity index (χ2v) is 4.58. The van der Waals surface area contributed by atoms with Crippen molar-refractivity contribution in [1.29, 1.82) is 0 Å². The Morgan fingerprint density at radius 2 is 2.00 bits per heavy atom. The average Bonchev–Trinajstić information content (AvgIpc) is 2.39. The zero-order valence-electron chi connectivity index (χ0n) is 10.3. The summed E-state index contributed by atoms with van der Waals surface area (Å²) in [6.07, 6.45) is 0.878. The molecular formula is C12H21NO2. The molecule has 0 radical (unpaired) electrons. The zero-order chi connectivity index (χ0) is 11.6. The van der Waals surface area contributed by atoms with Crippen molar-refractivity contribution in [3.63, 3.8) is 0 Å². The largest absolute Gasteiger partial charge is 0.358 e. The van der Waals surface area contributed by atoms with E-state index in [1.165, 1.54) is 0 Å². The van der Waals surface area contributed by atoms with Crippen molar-refractivity contribution in [2.45, 2.75) is 40.3 Å². The number of nitrogens with zero attached hydrogens (tertiary/aromatic N) is 1. The van der Waals surface area contributed by atoms with Crippen LogP contribution in [0.25, 0.3) is 0 Å². The number of amides is 1. The van der Waals surface area contributed by atoms with Crippen LogP contribution in [0.3, 0.4) is 0 Å². The van der Waals surface area contributed by atoms with Crippen LogP contribution in [0.15, 0.2) is 11.1 Å². The van der Waals surface area contributed by atoms with Crippen molar-refractivity contribution in [2.75, 3.05) is 13.7 Å². The zero-order valence-corrected chi connectivity index (χ0v) is 10.3. The van der Waals surface area contributed by atoms with Crippen molar-refractivity contribution in [1.82, 2.24) is 4.90 Å². The molecule has 0 N–H and O–H groups in total. The Morgan fingerprint density at radius 3 is 2.47 bits per heavy atom. The van der Waals surface area contributed by atoms with Gasteiger partial charge in [-0.3, -0.25) is 4.79 Å². The predicted molar refractivity (Wildman–Crippen MR) is 60.3 cm³/mol. The fourth-order valence-corrected chi connectivity index (χ4v) is 1.83. The van der Waals surface area contributed by atoms with Gasteiger partial charge >= 0.3 is 0 Å². The van der Waals surface area contributed by atoms with Gasteiger partial charge in [-0.2, -0.15) is 0 Å². The van der Waals surface area contributed by atoms with Crippen molar-refractivity contribution in [3.05, 3.63) is 11.1 Å². The maximum atomic E-state index is 11.9. The van der Waals surface area contributed by atoms with Crippen molar-refractivity contribution >= 4 is 5.91 Å². The SMILES string of the molecule is COC1C(C)=C(C)C(=O)N1CCC(C)C.